The lowest BCUT2D eigenvalue weighted by Crippen LogP contribution is -2.27. The summed E-state index contributed by atoms with van der Waals surface area (Å²) in [6.07, 6.45) is 2.76. The number of hydrogen-bond donors (Lipinski definition) is 5. The predicted octanol–water partition coefficient (Wildman–Crippen LogP) is 1.98. The molecule has 7 nitrogen and oxygen atoms in total. The Hall–Kier alpha value is -2.73. The van der Waals surface area contributed by atoms with Crippen LogP contribution in [0.1, 0.15) is 22.5 Å². The highest BCUT2D eigenvalue weighted by molar-refractivity contribution is 7.52. The van der Waals surface area contributed by atoms with Gasteiger partial charge in [-0.15, -0.1) is 0 Å². The second kappa shape index (κ2) is 7.90. The van der Waals surface area contributed by atoms with Gasteiger partial charge in [0.25, 0.3) is 0 Å². The van der Waals surface area contributed by atoms with Gasteiger partial charge in [-0.3, -0.25) is 14.8 Å². The number of rotatable bonds is 6. The fourth-order valence-electron chi connectivity index (χ4n) is 2.13. The van der Waals surface area contributed by atoms with Crippen molar-refractivity contribution >= 4 is 25.4 Å². The molecule has 0 heterocycles. The maximum atomic E-state index is 12.0. The van der Waals surface area contributed by atoms with Crippen LogP contribution in [0.4, 0.5) is 0 Å². The molecule has 130 valence electrons. The molecule has 0 saturated heterocycles. The number of hydrogen-bond acceptors (Lipinski definition) is 3. The Morgan fingerprint density at radius 3 is 2.24 bits per heavy atom. The third kappa shape index (κ3) is 5.39. The van der Waals surface area contributed by atoms with Crippen molar-refractivity contribution in [2.75, 3.05) is 0 Å². The molecular formula is C17H18N3O4P. The first-order chi connectivity index (χ1) is 11.8. The molecule has 0 aliphatic carbocycles. The molecule has 0 saturated carbocycles. The van der Waals surface area contributed by atoms with Gasteiger partial charge in [-0.05, 0) is 17.2 Å². The van der Waals surface area contributed by atoms with Gasteiger partial charge in [0, 0.05) is 11.6 Å². The van der Waals surface area contributed by atoms with Crippen LogP contribution in [-0.4, -0.2) is 21.5 Å². The molecule has 0 bridgehead atoms. The van der Waals surface area contributed by atoms with Crippen LogP contribution in [0.25, 0.3) is 6.08 Å². The molecule has 2 rings (SSSR count). The first-order valence-corrected chi connectivity index (χ1v) is 8.99. The van der Waals surface area contributed by atoms with Crippen molar-refractivity contribution in [2.45, 2.75) is 5.78 Å². The van der Waals surface area contributed by atoms with Crippen molar-refractivity contribution in [3.05, 3.63) is 77.4 Å². The number of amidine groups is 1. The molecule has 0 fully saturated rings. The molecule has 1 unspecified atom stereocenters. The van der Waals surface area contributed by atoms with Crippen LogP contribution < -0.4 is 11.1 Å². The van der Waals surface area contributed by atoms with Crippen LogP contribution in [0.3, 0.4) is 0 Å². The molecule has 0 aromatic heterocycles. The number of carbonyl (C=O) groups excluding carboxylic acids is 1. The Morgan fingerprint density at radius 1 is 1.12 bits per heavy atom. The van der Waals surface area contributed by atoms with Crippen molar-refractivity contribution in [1.29, 1.82) is 5.41 Å². The third-order valence-corrected chi connectivity index (χ3v) is 4.48. The number of nitrogen functional groups attached to an aromatic ring is 1. The Labute approximate surface area is 144 Å². The quantitative estimate of drug-likeness (QED) is 0.232. The normalized spacial score (nSPS) is 12.7. The van der Waals surface area contributed by atoms with E-state index in [1.165, 1.54) is 30.3 Å². The van der Waals surface area contributed by atoms with Gasteiger partial charge in [0.05, 0.1) is 0 Å². The molecule has 25 heavy (non-hydrogen) atoms. The molecule has 2 aromatic rings. The topological polar surface area (TPSA) is 136 Å². The maximum absolute atomic E-state index is 12.0. The van der Waals surface area contributed by atoms with Crippen LogP contribution >= 0.6 is 7.60 Å². The van der Waals surface area contributed by atoms with E-state index in [1.807, 2.05) is 18.2 Å². The van der Waals surface area contributed by atoms with Gasteiger partial charge in [0.1, 0.15) is 5.84 Å². The molecule has 0 aliphatic rings. The predicted molar refractivity (Wildman–Crippen MR) is 95.9 cm³/mol. The summed E-state index contributed by atoms with van der Waals surface area (Å²) in [6, 6.07) is 14.8. The summed E-state index contributed by atoms with van der Waals surface area (Å²) < 4.78 is 11.7. The van der Waals surface area contributed by atoms with E-state index >= 15 is 0 Å². The number of carbonyl (C=O) groups is 1. The van der Waals surface area contributed by atoms with E-state index in [9.17, 15) is 19.1 Å². The summed E-state index contributed by atoms with van der Waals surface area (Å²) in [7, 11) is -4.64. The highest BCUT2D eigenvalue weighted by Gasteiger charge is 2.31. The fourth-order valence-corrected chi connectivity index (χ4v) is 2.98. The number of nitrogens with two attached hydrogens (primary N) is 1. The summed E-state index contributed by atoms with van der Waals surface area (Å²) in [5.74, 6) is -2.27. The van der Waals surface area contributed by atoms with E-state index in [-0.39, 0.29) is 11.4 Å². The Morgan fingerprint density at radius 2 is 1.72 bits per heavy atom. The van der Waals surface area contributed by atoms with E-state index in [0.29, 0.717) is 5.56 Å². The molecular weight excluding hydrogens is 341 g/mol. The second-order valence-corrected chi connectivity index (χ2v) is 6.97. The minimum atomic E-state index is -4.64. The van der Waals surface area contributed by atoms with Gasteiger partial charge in [-0.2, -0.15) is 0 Å². The van der Waals surface area contributed by atoms with Gasteiger partial charge >= 0.3 is 7.60 Å². The van der Waals surface area contributed by atoms with Crippen LogP contribution in [0.15, 0.2) is 60.7 Å². The summed E-state index contributed by atoms with van der Waals surface area (Å²) in [5.41, 5.74) is 6.78. The van der Waals surface area contributed by atoms with Crippen LogP contribution in [0.5, 0.6) is 0 Å². The van der Waals surface area contributed by atoms with Gasteiger partial charge in [-0.1, -0.05) is 54.6 Å². The minimum Gasteiger partial charge on any atom is -0.384 e. The van der Waals surface area contributed by atoms with E-state index in [1.54, 1.807) is 18.2 Å². The Balaban J connectivity index is 2.18. The Kier molecular flexibility index (Phi) is 5.88. The number of nitrogens with one attached hydrogen (secondary N) is 2. The molecule has 0 spiro atoms. The molecule has 1 amide bonds. The SMILES string of the molecule is N=C(N)c1ccc(C(NC(=O)/C=C/c2ccccc2)P(=O)(O)O)cc1. The maximum Gasteiger partial charge on any atom is 0.352 e. The summed E-state index contributed by atoms with van der Waals surface area (Å²) >= 11 is 0. The summed E-state index contributed by atoms with van der Waals surface area (Å²) in [5, 5.41) is 9.65. The van der Waals surface area contributed by atoms with Crippen LogP contribution in [0.2, 0.25) is 0 Å². The van der Waals surface area contributed by atoms with Crippen molar-refractivity contribution in [3.8, 4) is 0 Å². The fraction of sp³-hybridized carbons (Fsp3) is 0.0588. The Bertz CT molecular complexity index is 829. The second-order valence-electron chi connectivity index (χ2n) is 5.28. The number of amides is 1. The minimum absolute atomic E-state index is 0.158. The van der Waals surface area contributed by atoms with Crippen molar-refractivity contribution in [2.24, 2.45) is 5.73 Å². The molecule has 2 aromatic carbocycles. The zero-order valence-corrected chi connectivity index (χ0v) is 14.1. The molecule has 6 N–H and O–H groups in total. The van der Waals surface area contributed by atoms with E-state index in [2.05, 4.69) is 5.32 Å². The lowest BCUT2D eigenvalue weighted by molar-refractivity contribution is -0.116. The largest absolute Gasteiger partial charge is 0.384 e. The average Bonchev–Trinajstić information content (AvgIpc) is 2.58. The third-order valence-electron chi connectivity index (χ3n) is 3.38. The van der Waals surface area contributed by atoms with Gasteiger partial charge in [0.2, 0.25) is 5.91 Å². The molecule has 0 aliphatic heterocycles. The smallest absolute Gasteiger partial charge is 0.352 e. The zero-order valence-electron chi connectivity index (χ0n) is 13.2. The highest BCUT2D eigenvalue weighted by atomic mass is 31.2. The molecule has 8 heteroatoms. The first-order valence-electron chi connectivity index (χ1n) is 7.30. The van der Waals surface area contributed by atoms with Gasteiger partial charge < -0.3 is 20.8 Å². The van der Waals surface area contributed by atoms with E-state index in [4.69, 9.17) is 11.1 Å². The average molecular weight is 359 g/mol. The lowest BCUT2D eigenvalue weighted by Gasteiger charge is -2.19. The highest BCUT2D eigenvalue weighted by Crippen LogP contribution is 2.49. The standard InChI is InChI=1S/C17H18N3O4P/c18-16(19)13-7-9-14(10-8-13)17(25(22,23)24)20-15(21)11-6-12-4-2-1-3-5-12/h1-11,17H,(H3,18,19)(H,20,21)(H2,22,23,24)/b11-6+. The van der Waals surface area contributed by atoms with Gasteiger partial charge in [0.15, 0.2) is 5.78 Å². The van der Waals surface area contributed by atoms with Crippen molar-refractivity contribution < 1.29 is 19.1 Å². The van der Waals surface area contributed by atoms with Crippen molar-refractivity contribution in [1.82, 2.24) is 5.32 Å². The number of benzene rings is 2. The first kappa shape index (κ1) is 18.6. The van der Waals surface area contributed by atoms with Crippen molar-refractivity contribution in [3.63, 3.8) is 0 Å². The lowest BCUT2D eigenvalue weighted by atomic mass is 10.1. The summed E-state index contributed by atoms with van der Waals surface area (Å²) in [6.45, 7) is 0. The van der Waals surface area contributed by atoms with E-state index in [0.717, 1.165) is 5.56 Å². The molecule has 1 atom stereocenters. The van der Waals surface area contributed by atoms with E-state index < -0.39 is 19.3 Å². The van der Waals surface area contributed by atoms with Gasteiger partial charge in [-0.25, -0.2) is 0 Å². The monoisotopic (exact) mass is 359 g/mol. The molecule has 0 radical (unpaired) electrons. The summed E-state index contributed by atoms with van der Waals surface area (Å²) in [4.78, 5) is 31.1. The zero-order chi connectivity index (χ0) is 18.4. The van der Waals surface area contributed by atoms with Crippen LogP contribution in [0, 0.1) is 5.41 Å². The van der Waals surface area contributed by atoms with Crippen LogP contribution in [-0.2, 0) is 9.36 Å².